The van der Waals surface area contributed by atoms with Crippen molar-refractivity contribution in [2.24, 2.45) is 30.7 Å². The number of aliphatic hydroxyl groups excluding tert-OH is 2. The largest absolute Gasteiger partial charge is 0.505 e. The van der Waals surface area contributed by atoms with Crippen molar-refractivity contribution < 1.29 is 78.3 Å². The third kappa shape index (κ3) is 10.9. The molecule has 5 aromatic carbocycles. The number of nitrogens with zero attached hydrogens (tertiary/aromatic N) is 8. The Labute approximate surface area is 380 Å². The Bertz CT molecular complexity index is 3340. The van der Waals surface area contributed by atoms with Crippen molar-refractivity contribution in [2.75, 3.05) is 40.6 Å². The van der Waals surface area contributed by atoms with Gasteiger partial charge in [-0.3, -0.25) is 13.7 Å². The van der Waals surface area contributed by atoms with E-state index in [0.717, 1.165) is 28.9 Å². The number of methoxy groups -OCH3 is 2. The van der Waals surface area contributed by atoms with E-state index < -0.39 is 75.6 Å². The first-order chi connectivity index (χ1) is 31.6. The Morgan fingerprint density at radius 3 is 1.69 bits per heavy atom. The summed E-state index contributed by atoms with van der Waals surface area (Å²) in [5.74, 6) is -1.67. The van der Waals surface area contributed by atoms with Crippen molar-refractivity contribution in [2.45, 2.75) is 28.5 Å². The molecule has 0 bridgehead atoms. The third-order valence-corrected chi connectivity index (χ3v) is 12.0. The minimum Gasteiger partial charge on any atom is -0.505 e. The van der Waals surface area contributed by atoms with E-state index >= 15 is 0 Å². The summed E-state index contributed by atoms with van der Waals surface area (Å²) in [6, 6.07) is 13.2. The summed E-state index contributed by atoms with van der Waals surface area (Å²) in [6.07, 6.45) is 0. The number of ether oxygens (including phenoxy) is 4. The fraction of sp³-hybridized carbons (Fsp3) is 0.205. The van der Waals surface area contributed by atoms with E-state index in [2.05, 4.69) is 35.8 Å². The second kappa shape index (κ2) is 19.7. The van der Waals surface area contributed by atoms with Gasteiger partial charge < -0.3 is 39.4 Å². The van der Waals surface area contributed by atoms with E-state index in [4.69, 9.17) is 18.9 Å². The minimum atomic E-state index is -5.18. The molecule has 7 N–H and O–H groups in total. The number of hydrogen-bond donors (Lipinski definition) is 7. The van der Waals surface area contributed by atoms with E-state index in [1.807, 2.05) is 0 Å². The molecule has 0 atom stereocenters. The molecule has 0 amide bonds. The zero-order valence-electron chi connectivity index (χ0n) is 35.2. The average Bonchev–Trinajstić information content (AvgIpc) is 3.56. The minimum absolute atomic E-state index is 0.00757. The number of phenols is 1. The SMILES string of the molecule is COc1ccc(/N=N/c2cc(OCCO)c(/N=N/c3c(S(=O)(=O)O)cc4cc(-n5nc(C)c(/N=N/c6cc(C)c(S(=O)(=O)O)cc6OC)c5O)ccc4c3O)cc2OCCO)c(S(=O)(=O)O)c1. The normalized spacial score (nSPS) is 12.5. The lowest BCUT2D eigenvalue weighted by Crippen LogP contribution is -2.04. The van der Waals surface area contributed by atoms with Gasteiger partial charge in [-0.25, -0.2) is 0 Å². The summed E-state index contributed by atoms with van der Waals surface area (Å²) in [5.41, 5.74) is -1.17. The molecule has 0 unspecified atom stereocenters. The smallest absolute Gasteiger partial charge is 0.296 e. The van der Waals surface area contributed by atoms with Gasteiger partial charge in [-0.05, 0) is 67.3 Å². The summed E-state index contributed by atoms with van der Waals surface area (Å²) in [7, 11) is -12.1. The van der Waals surface area contributed by atoms with Crippen LogP contribution in [0.15, 0.2) is 112 Å². The Balaban J connectivity index is 1.41. The van der Waals surface area contributed by atoms with Gasteiger partial charge in [0.15, 0.2) is 11.4 Å². The molecule has 28 heteroatoms. The zero-order chi connectivity index (χ0) is 49.0. The van der Waals surface area contributed by atoms with Gasteiger partial charge in [0.2, 0.25) is 5.88 Å². The van der Waals surface area contributed by atoms with Crippen molar-refractivity contribution in [1.82, 2.24) is 9.78 Å². The molecule has 0 aliphatic carbocycles. The predicted molar refractivity (Wildman–Crippen MR) is 233 cm³/mol. The molecule has 6 aromatic rings. The molecular weight excluding hydrogens is 949 g/mol. The monoisotopic (exact) mass is 986 g/mol. The fourth-order valence-electron chi connectivity index (χ4n) is 6.21. The van der Waals surface area contributed by atoms with Gasteiger partial charge >= 0.3 is 0 Å². The molecule has 25 nitrogen and oxygen atoms in total. The van der Waals surface area contributed by atoms with Crippen molar-refractivity contribution in [3.8, 4) is 40.3 Å². The number of hydrogen-bond acceptors (Lipinski definition) is 21. The first-order valence-corrected chi connectivity index (χ1v) is 23.2. The number of phenolic OH excluding ortho intramolecular Hbond substituents is 1. The number of benzene rings is 5. The lowest BCUT2D eigenvalue weighted by atomic mass is 10.1. The number of fused-ring (bicyclic) bond motifs is 1. The molecule has 0 aliphatic rings. The molecule has 0 spiro atoms. The lowest BCUT2D eigenvalue weighted by molar-refractivity contribution is 0.198. The van der Waals surface area contributed by atoms with Crippen LogP contribution in [0.4, 0.5) is 34.1 Å². The van der Waals surface area contributed by atoms with Crippen molar-refractivity contribution in [3.63, 3.8) is 0 Å². The van der Waals surface area contributed by atoms with Crippen molar-refractivity contribution in [1.29, 1.82) is 0 Å². The third-order valence-electron chi connectivity index (χ3n) is 9.28. The number of azo groups is 3. The van der Waals surface area contributed by atoms with Crippen LogP contribution < -0.4 is 18.9 Å². The second-order valence-electron chi connectivity index (χ2n) is 13.7. The molecule has 1 heterocycles. The van der Waals surface area contributed by atoms with Gasteiger partial charge in [0, 0.05) is 29.7 Å². The van der Waals surface area contributed by atoms with E-state index in [1.165, 1.54) is 70.5 Å². The number of rotatable bonds is 18. The highest BCUT2D eigenvalue weighted by molar-refractivity contribution is 7.86. The van der Waals surface area contributed by atoms with Gasteiger partial charge in [-0.1, -0.05) is 0 Å². The Kier molecular flexibility index (Phi) is 14.5. The first kappa shape index (κ1) is 49.3. The van der Waals surface area contributed by atoms with Crippen molar-refractivity contribution in [3.05, 3.63) is 78.0 Å². The summed E-state index contributed by atoms with van der Waals surface area (Å²) >= 11 is 0. The first-order valence-electron chi connectivity index (χ1n) is 18.9. The van der Waals surface area contributed by atoms with Gasteiger partial charge in [0.05, 0.1) is 38.8 Å². The van der Waals surface area contributed by atoms with E-state index in [-0.39, 0.29) is 92.4 Å². The van der Waals surface area contributed by atoms with Crippen LogP contribution in [-0.4, -0.2) is 110 Å². The maximum atomic E-state index is 12.8. The van der Waals surface area contributed by atoms with E-state index in [1.54, 1.807) is 0 Å². The van der Waals surface area contributed by atoms with Crippen LogP contribution in [0, 0.1) is 13.8 Å². The molecule has 0 aliphatic heterocycles. The molecular formula is C39H38N8O17S3. The molecule has 354 valence electrons. The Hall–Kier alpha value is -7.18. The molecule has 0 fully saturated rings. The highest BCUT2D eigenvalue weighted by Crippen LogP contribution is 2.46. The summed E-state index contributed by atoms with van der Waals surface area (Å²) in [4.78, 5) is -1.99. The number of aromatic nitrogens is 2. The summed E-state index contributed by atoms with van der Waals surface area (Å²) in [6.45, 7) is 1.24. The van der Waals surface area contributed by atoms with Crippen LogP contribution in [0.3, 0.4) is 0 Å². The topological polar surface area (TPSA) is 373 Å². The molecule has 0 radical (unpaired) electrons. The van der Waals surface area contributed by atoms with E-state index in [0.29, 0.717) is 0 Å². The van der Waals surface area contributed by atoms with Crippen LogP contribution in [0.25, 0.3) is 16.5 Å². The van der Waals surface area contributed by atoms with Gasteiger partial charge in [-0.2, -0.15) is 35.0 Å². The fourth-order valence-corrected chi connectivity index (χ4v) is 8.22. The van der Waals surface area contributed by atoms with Crippen LogP contribution >= 0.6 is 0 Å². The van der Waals surface area contributed by atoms with Crippen LogP contribution in [0.2, 0.25) is 0 Å². The average molecular weight is 987 g/mol. The highest BCUT2D eigenvalue weighted by atomic mass is 32.2. The van der Waals surface area contributed by atoms with Gasteiger partial charge in [-0.15, -0.1) is 30.7 Å². The van der Waals surface area contributed by atoms with Crippen LogP contribution in [0.1, 0.15) is 11.3 Å². The number of aromatic hydroxyl groups is 2. The second-order valence-corrected chi connectivity index (χ2v) is 17.9. The maximum absolute atomic E-state index is 12.8. The molecule has 0 saturated heterocycles. The molecule has 1 aromatic heterocycles. The van der Waals surface area contributed by atoms with Crippen LogP contribution in [0.5, 0.6) is 34.6 Å². The molecule has 0 saturated carbocycles. The van der Waals surface area contributed by atoms with Gasteiger partial charge in [0.1, 0.15) is 79.3 Å². The Morgan fingerprint density at radius 1 is 0.582 bits per heavy atom. The summed E-state index contributed by atoms with van der Waals surface area (Å²) in [5, 5.41) is 70.1. The Morgan fingerprint density at radius 2 is 1.13 bits per heavy atom. The zero-order valence-corrected chi connectivity index (χ0v) is 37.6. The molecule has 6 rings (SSSR count). The maximum Gasteiger partial charge on any atom is 0.296 e. The summed E-state index contributed by atoms with van der Waals surface area (Å²) < 4.78 is 125. The standard InChI is InChI=1S/C39H38N8O17S3/c1-20-13-27(30(62-4)19-33(20)65(52,53)54)42-44-36-21(2)46-47(39(36)51)23-5-7-25-22(14-23)15-35(67(58,59)60)37(38(25)50)45-43-29-18-31(63-11-9-48)28(17-32(29)64-12-10-49)41-40-26-8-6-24(61-3)16-34(26)66(55,56)57/h5-8,13-19,48-51H,9-12H2,1-4H3,(H,52,53,54)(H,55,56,57)(H,58,59,60)/b41-40+,44-42+,45-43+. The highest BCUT2D eigenvalue weighted by Gasteiger charge is 2.25. The van der Waals surface area contributed by atoms with E-state index in [9.17, 15) is 59.3 Å². The quantitative estimate of drug-likeness (QED) is 0.0344. The predicted octanol–water partition coefficient (Wildman–Crippen LogP) is 6.80. The lowest BCUT2D eigenvalue weighted by Gasteiger charge is -2.13. The van der Waals surface area contributed by atoms with Crippen LogP contribution in [-0.2, 0) is 30.4 Å². The number of aryl methyl sites for hydroxylation is 2. The van der Waals surface area contributed by atoms with Crippen molar-refractivity contribution >= 4 is 75.3 Å². The number of aliphatic hydroxyl groups is 2. The van der Waals surface area contributed by atoms with Gasteiger partial charge in [0.25, 0.3) is 30.4 Å². The molecule has 67 heavy (non-hydrogen) atoms.